The minimum atomic E-state index is 0.123. The van der Waals surface area contributed by atoms with Gasteiger partial charge < -0.3 is 15.4 Å². The molecule has 6 heteroatoms. The fraction of sp³-hybridized carbons (Fsp3) is 0.444. The van der Waals surface area contributed by atoms with Crippen LogP contribution in [0.4, 0.5) is 0 Å². The number of nitrogens with one attached hydrogen (secondary N) is 2. The summed E-state index contributed by atoms with van der Waals surface area (Å²) in [5.74, 6) is 0.804. The van der Waals surface area contributed by atoms with Crippen molar-refractivity contribution < 1.29 is 4.74 Å². The van der Waals surface area contributed by atoms with Gasteiger partial charge in [0, 0.05) is 39.1 Å². The van der Waals surface area contributed by atoms with Crippen LogP contribution < -0.4 is 10.6 Å². The topological polar surface area (TPSA) is 63.5 Å². The maximum atomic E-state index is 5.86. The Labute approximate surface area is 143 Å². The molecule has 2 aromatic rings. The summed E-state index contributed by atoms with van der Waals surface area (Å²) in [6, 6.07) is 12.2. The first kappa shape index (κ1) is 18.0. The lowest BCUT2D eigenvalue weighted by atomic mass is 10.1. The van der Waals surface area contributed by atoms with Crippen molar-refractivity contribution in [1.29, 1.82) is 0 Å². The van der Waals surface area contributed by atoms with Gasteiger partial charge >= 0.3 is 0 Å². The van der Waals surface area contributed by atoms with Crippen LogP contribution in [0.5, 0.6) is 0 Å². The fourth-order valence-electron chi connectivity index (χ4n) is 2.30. The lowest BCUT2D eigenvalue weighted by Crippen LogP contribution is -2.39. The van der Waals surface area contributed by atoms with Gasteiger partial charge in [-0.1, -0.05) is 30.3 Å². The smallest absolute Gasteiger partial charge is 0.191 e. The zero-order chi connectivity index (χ0) is 17.0. The molecule has 6 nitrogen and oxygen atoms in total. The summed E-state index contributed by atoms with van der Waals surface area (Å²) in [7, 11) is 1.78. The molecule has 130 valence electrons. The number of nitrogens with zero attached hydrogens (tertiary/aromatic N) is 3. The van der Waals surface area contributed by atoms with E-state index in [0.717, 1.165) is 32.0 Å². The van der Waals surface area contributed by atoms with Crippen LogP contribution in [0.3, 0.4) is 0 Å². The third-order valence-corrected chi connectivity index (χ3v) is 3.67. The van der Waals surface area contributed by atoms with Crippen molar-refractivity contribution >= 4 is 5.96 Å². The van der Waals surface area contributed by atoms with Crippen molar-refractivity contribution in [2.24, 2.45) is 4.99 Å². The van der Waals surface area contributed by atoms with Crippen molar-refractivity contribution in [1.82, 2.24) is 20.4 Å². The molecular weight excluding hydrogens is 302 g/mol. The quantitative estimate of drug-likeness (QED) is 0.421. The molecule has 0 spiro atoms. The molecule has 1 aromatic carbocycles. The maximum Gasteiger partial charge on any atom is 0.191 e. The third-order valence-electron chi connectivity index (χ3n) is 3.67. The first-order valence-electron chi connectivity index (χ1n) is 8.38. The van der Waals surface area contributed by atoms with E-state index in [1.165, 1.54) is 5.56 Å². The van der Waals surface area contributed by atoms with Crippen molar-refractivity contribution in [3.05, 3.63) is 54.4 Å². The lowest BCUT2D eigenvalue weighted by molar-refractivity contribution is 0.0646. The number of benzene rings is 1. The molecule has 1 heterocycles. The molecule has 0 aliphatic rings. The molecule has 0 saturated carbocycles. The SMILES string of the molecule is CN=C(NCCCOC(C)c1ccccc1)NCCn1cccn1. The summed E-state index contributed by atoms with van der Waals surface area (Å²) in [4.78, 5) is 4.21. The number of aromatic nitrogens is 2. The molecule has 1 atom stereocenters. The van der Waals surface area contributed by atoms with Gasteiger partial charge in [-0.2, -0.15) is 5.10 Å². The minimum Gasteiger partial charge on any atom is -0.374 e. The van der Waals surface area contributed by atoms with Gasteiger partial charge in [0.25, 0.3) is 0 Å². The van der Waals surface area contributed by atoms with E-state index in [4.69, 9.17) is 4.74 Å². The normalized spacial score (nSPS) is 12.8. The lowest BCUT2D eigenvalue weighted by Gasteiger charge is -2.15. The number of guanidine groups is 1. The first-order chi connectivity index (χ1) is 11.8. The number of ether oxygens (including phenoxy) is 1. The van der Waals surface area contributed by atoms with Gasteiger partial charge in [0.1, 0.15) is 0 Å². The zero-order valence-electron chi connectivity index (χ0n) is 14.5. The largest absolute Gasteiger partial charge is 0.374 e. The summed E-state index contributed by atoms with van der Waals surface area (Å²) in [5, 5.41) is 10.7. The molecule has 0 fully saturated rings. The van der Waals surface area contributed by atoms with Gasteiger partial charge in [-0.25, -0.2) is 0 Å². The van der Waals surface area contributed by atoms with E-state index >= 15 is 0 Å². The molecule has 0 saturated heterocycles. The van der Waals surface area contributed by atoms with Crippen LogP contribution in [-0.2, 0) is 11.3 Å². The third kappa shape index (κ3) is 6.42. The standard InChI is InChI=1S/C18H27N5O/c1-16(17-8-4-3-5-9-17)24-15-7-10-20-18(19-2)21-12-14-23-13-6-11-22-23/h3-6,8-9,11,13,16H,7,10,12,14-15H2,1-2H3,(H2,19,20,21). The van der Waals surface area contributed by atoms with Gasteiger partial charge in [0.05, 0.1) is 12.6 Å². The van der Waals surface area contributed by atoms with Gasteiger partial charge in [-0.15, -0.1) is 0 Å². The van der Waals surface area contributed by atoms with Crippen LogP contribution in [0.15, 0.2) is 53.8 Å². The average Bonchev–Trinajstić information content (AvgIpc) is 3.14. The van der Waals surface area contributed by atoms with E-state index in [9.17, 15) is 0 Å². The van der Waals surface area contributed by atoms with Crippen molar-refractivity contribution in [2.75, 3.05) is 26.7 Å². The van der Waals surface area contributed by atoms with Crippen LogP contribution in [-0.4, -0.2) is 42.5 Å². The zero-order valence-corrected chi connectivity index (χ0v) is 14.5. The van der Waals surface area contributed by atoms with Crippen LogP contribution in [0, 0.1) is 0 Å². The van der Waals surface area contributed by atoms with Crippen LogP contribution in [0.25, 0.3) is 0 Å². The highest BCUT2D eigenvalue weighted by Gasteiger charge is 2.04. The fourth-order valence-corrected chi connectivity index (χ4v) is 2.30. The van der Waals surface area contributed by atoms with Gasteiger partial charge in [0.15, 0.2) is 5.96 Å². The molecular formula is C18H27N5O. The Bertz CT molecular complexity index is 583. The van der Waals surface area contributed by atoms with Crippen LogP contribution >= 0.6 is 0 Å². The van der Waals surface area contributed by atoms with Crippen molar-refractivity contribution in [3.63, 3.8) is 0 Å². The molecule has 1 unspecified atom stereocenters. The second-order valence-electron chi connectivity index (χ2n) is 5.47. The van der Waals surface area contributed by atoms with E-state index in [1.807, 2.05) is 35.1 Å². The summed E-state index contributed by atoms with van der Waals surface area (Å²) >= 11 is 0. The summed E-state index contributed by atoms with van der Waals surface area (Å²) in [6.07, 6.45) is 4.78. The summed E-state index contributed by atoms with van der Waals surface area (Å²) in [5.41, 5.74) is 1.21. The molecule has 0 amide bonds. The van der Waals surface area contributed by atoms with E-state index in [2.05, 4.69) is 39.8 Å². The molecule has 24 heavy (non-hydrogen) atoms. The molecule has 1 aromatic heterocycles. The van der Waals surface area contributed by atoms with Crippen molar-refractivity contribution in [2.45, 2.75) is 26.0 Å². The first-order valence-corrected chi connectivity index (χ1v) is 8.38. The van der Waals surface area contributed by atoms with E-state index in [1.54, 1.807) is 13.2 Å². The maximum absolute atomic E-state index is 5.86. The number of hydrogen-bond acceptors (Lipinski definition) is 3. The van der Waals surface area contributed by atoms with Crippen LogP contribution in [0.2, 0.25) is 0 Å². The Morgan fingerprint density at radius 1 is 1.21 bits per heavy atom. The summed E-state index contributed by atoms with van der Waals surface area (Å²) < 4.78 is 7.75. The highest BCUT2D eigenvalue weighted by atomic mass is 16.5. The van der Waals surface area contributed by atoms with Crippen molar-refractivity contribution in [3.8, 4) is 0 Å². The monoisotopic (exact) mass is 329 g/mol. The molecule has 0 aliphatic heterocycles. The Morgan fingerprint density at radius 3 is 2.71 bits per heavy atom. The highest BCUT2D eigenvalue weighted by Crippen LogP contribution is 2.15. The Hall–Kier alpha value is -2.34. The predicted molar refractivity (Wildman–Crippen MR) is 97.0 cm³/mol. The molecule has 0 aliphatic carbocycles. The molecule has 0 radical (unpaired) electrons. The second kappa shape index (κ2) is 10.4. The Morgan fingerprint density at radius 2 is 2.00 bits per heavy atom. The van der Waals surface area contributed by atoms with Crippen LogP contribution in [0.1, 0.15) is 25.0 Å². The number of hydrogen-bond donors (Lipinski definition) is 2. The Balaban J connectivity index is 1.55. The van der Waals surface area contributed by atoms with E-state index in [-0.39, 0.29) is 6.10 Å². The van der Waals surface area contributed by atoms with E-state index in [0.29, 0.717) is 6.61 Å². The number of rotatable bonds is 9. The van der Waals surface area contributed by atoms with Gasteiger partial charge in [-0.3, -0.25) is 9.67 Å². The second-order valence-corrected chi connectivity index (χ2v) is 5.47. The van der Waals surface area contributed by atoms with E-state index < -0.39 is 0 Å². The highest BCUT2D eigenvalue weighted by molar-refractivity contribution is 5.79. The molecule has 2 rings (SSSR count). The minimum absolute atomic E-state index is 0.123. The Kier molecular flexibility index (Phi) is 7.83. The summed E-state index contributed by atoms with van der Waals surface area (Å²) in [6.45, 7) is 5.21. The number of aliphatic imine (C=N–C) groups is 1. The molecule has 0 bridgehead atoms. The molecule has 2 N–H and O–H groups in total. The van der Waals surface area contributed by atoms with Gasteiger partial charge in [-0.05, 0) is 25.0 Å². The van der Waals surface area contributed by atoms with Gasteiger partial charge in [0.2, 0.25) is 0 Å². The predicted octanol–water partition coefficient (Wildman–Crippen LogP) is 2.22. The average molecular weight is 329 g/mol.